The van der Waals surface area contributed by atoms with Crippen LogP contribution in [-0.2, 0) is 20.9 Å². The van der Waals surface area contributed by atoms with E-state index in [1.165, 1.54) is 30.1 Å². The Morgan fingerprint density at radius 3 is 2.74 bits per heavy atom. The van der Waals surface area contributed by atoms with Crippen LogP contribution in [0.25, 0.3) is 0 Å². The third kappa shape index (κ3) is 6.54. The van der Waals surface area contributed by atoms with E-state index in [0.717, 1.165) is 6.42 Å². The van der Waals surface area contributed by atoms with Gasteiger partial charge in [-0.2, -0.15) is 0 Å². The molecule has 5 nitrogen and oxygen atoms in total. The van der Waals surface area contributed by atoms with Gasteiger partial charge in [0.1, 0.15) is 5.82 Å². The molecule has 1 amide bonds. The van der Waals surface area contributed by atoms with Crippen LogP contribution in [0.3, 0.4) is 0 Å². The van der Waals surface area contributed by atoms with Gasteiger partial charge in [-0.25, -0.2) is 4.39 Å². The smallest absolute Gasteiger partial charge is 0.308 e. The van der Waals surface area contributed by atoms with E-state index < -0.39 is 30.4 Å². The second-order valence-corrected chi connectivity index (χ2v) is 5.66. The topological polar surface area (TPSA) is 66.8 Å². The Bertz CT molecular complexity index is 533. The minimum absolute atomic E-state index is 0.0274. The van der Waals surface area contributed by atoms with Crippen molar-refractivity contribution in [2.45, 2.75) is 38.8 Å². The van der Waals surface area contributed by atoms with E-state index >= 15 is 0 Å². The summed E-state index contributed by atoms with van der Waals surface area (Å²) in [5.74, 6) is -1.63. The van der Waals surface area contributed by atoms with E-state index in [-0.39, 0.29) is 23.6 Å². The summed E-state index contributed by atoms with van der Waals surface area (Å²) in [6.07, 6.45) is 0.329. The Labute approximate surface area is 140 Å². The van der Waals surface area contributed by atoms with Gasteiger partial charge in [-0.15, -0.1) is 0 Å². The summed E-state index contributed by atoms with van der Waals surface area (Å²) >= 11 is 5.90. The lowest BCUT2D eigenvalue weighted by atomic mass is 10.1. The summed E-state index contributed by atoms with van der Waals surface area (Å²) in [4.78, 5) is 24.6. The second-order valence-electron chi connectivity index (χ2n) is 5.26. The zero-order chi connectivity index (χ0) is 17.4. The van der Waals surface area contributed by atoms with Crippen LogP contribution < -0.4 is 0 Å². The molecular formula is C16H21ClFNO4. The minimum atomic E-state index is -0.766. The highest BCUT2D eigenvalue weighted by Crippen LogP contribution is 2.20. The number of nitrogens with zero attached hydrogens (tertiary/aromatic N) is 1. The molecule has 0 aliphatic heterocycles. The average molecular weight is 346 g/mol. The summed E-state index contributed by atoms with van der Waals surface area (Å²) in [5, 5.41) is 9.72. The number of hydrogen-bond acceptors (Lipinski definition) is 4. The van der Waals surface area contributed by atoms with Crippen LogP contribution in [0.4, 0.5) is 4.39 Å². The molecule has 1 N–H and O–H groups in total. The van der Waals surface area contributed by atoms with Gasteiger partial charge in [-0.05, 0) is 18.6 Å². The fourth-order valence-corrected chi connectivity index (χ4v) is 2.17. The molecule has 1 rings (SSSR count). The molecule has 0 bridgehead atoms. The van der Waals surface area contributed by atoms with Gasteiger partial charge in [-0.3, -0.25) is 9.59 Å². The number of halogens is 2. The Morgan fingerprint density at radius 1 is 1.43 bits per heavy atom. The lowest BCUT2D eigenvalue weighted by Crippen LogP contribution is -2.31. The molecule has 0 saturated heterocycles. The number of benzene rings is 1. The van der Waals surface area contributed by atoms with Crippen LogP contribution in [-0.4, -0.2) is 41.6 Å². The van der Waals surface area contributed by atoms with Crippen molar-refractivity contribution in [3.05, 3.63) is 34.6 Å². The second kappa shape index (κ2) is 9.47. The standard InChI is InChI=1S/C16H21ClFNO4/c1-3-5-11(20)8-16(22)23-10-15(21)19(2)9-12-13(17)6-4-7-14(12)18/h4,6-7,11,20H,3,5,8-10H2,1-2H3/t11-/m1/s1. The van der Waals surface area contributed by atoms with Gasteiger partial charge in [0.25, 0.3) is 5.91 Å². The lowest BCUT2D eigenvalue weighted by molar-refractivity contribution is -0.153. The Balaban J connectivity index is 2.47. The number of carbonyl (C=O) groups is 2. The van der Waals surface area contributed by atoms with E-state index in [1.54, 1.807) is 0 Å². The summed E-state index contributed by atoms with van der Waals surface area (Å²) < 4.78 is 18.5. The van der Waals surface area contributed by atoms with E-state index in [2.05, 4.69) is 0 Å². The van der Waals surface area contributed by atoms with Crippen molar-refractivity contribution in [3.8, 4) is 0 Å². The van der Waals surface area contributed by atoms with E-state index in [9.17, 15) is 19.1 Å². The summed E-state index contributed by atoms with van der Waals surface area (Å²) in [6, 6.07) is 4.27. The number of rotatable bonds is 8. The van der Waals surface area contributed by atoms with E-state index in [1.807, 2.05) is 6.92 Å². The maximum Gasteiger partial charge on any atom is 0.308 e. The van der Waals surface area contributed by atoms with E-state index in [0.29, 0.717) is 6.42 Å². The van der Waals surface area contributed by atoms with Crippen LogP contribution in [0.15, 0.2) is 18.2 Å². The highest BCUT2D eigenvalue weighted by Gasteiger charge is 2.17. The molecule has 0 aromatic heterocycles. The molecule has 1 atom stereocenters. The predicted molar refractivity (Wildman–Crippen MR) is 84.4 cm³/mol. The third-order valence-electron chi connectivity index (χ3n) is 3.26. The number of amides is 1. The highest BCUT2D eigenvalue weighted by molar-refractivity contribution is 6.31. The first-order valence-corrected chi connectivity index (χ1v) is 7.73. The number of aliphatic hydroxyl groups is 1. The largest absolute Gasteiger partial charge is 0.455 e. The molecule has 0 aliphatic rings. The van der Waals surface area contributed by atoms with Gasteiger partial charge in [0.15, 0.2) is 6.61 Å². The zero-order valence-corrected chi connectivity index (χ0v) is 14.0. The van der Waals surface area contributed by atoms with Gasteiger partial charge in [-0.1, -0.05) is 31.0 Å². The van der Waals surface area contributed by atoms with Crippen molar-refractivity contribution < 1.29 is 23.8 Å². The first kappa shape index (κ1) is 19.4. The number of esters is 1. The van der Waals surface area contributed by atoms with Gasteiger partial charge in [0, 0.05) is 24.2 Å². The van der Waals surface area contributed by atoms with Gasteiger partial charge in [0.05, 0.1) is 12.5 Å². The molecule has 1 aromatic carbocycles. The Kier molecular flexibility index (Phi) is 7.98. The fraction of sp³-hybridized carbons (Fsp3) is 0.500. The number of carbonyl (C=O) groups excluding carboxylic acids is 2. The first-order chi connectivity index (χ1) is 10.8. The van der Waals surface area contributed by atoms with E-state index in [4.69, 9.17) is 16.3 Å². The maximum atomic E-state index is 13.7. The Morgan fingerprint density at radius 2 is 2.13 bits per heavy atom. The summed E-state index contributed by atoms with van der Waals surface area (Å²) in [7, 11) is 1.46. The van der Waals surface area contributed by atoms with Crippen molar-refractivity contribution in [2.24, 2.45) is 0 Å². The normalized spacial score (nSPS) is 11.9. The number of hydrogen-bond donors (Lipinski definition) is 1. The van der Waals surface area contributed by atoms with Gasteiger partial charge < -0.3 is 14.7 Å². The molecule has 0 saturated carbocycles. The fourth-order valence-electron chi connectivity index (χ4n) is 1.95. The number of likely N-dealkylation sites (N-methyl/N-ethyl adjacent to an activating group) is 1. The summed E-state index contributed by atoms with van der Waals surface area (Å²) in [6.45, 7) is 1.40. The predicted octanol–water partition coefficient (Wildman–Crippen LogP) is 2.53. The number of aliphatic hydroxyl groups excluding tert-OH is 1. The van der Waals surface area contributed by atoms with Crippen LogP contribution >= 0.6 is 11.6 Å². The van der Waals surface area contributed by atoms with Crippen molar-refractivity contribution in [2.75, 3.05) is 13.7 Å². The average Bonchev–Trinajstić information content (AvgIpc) is 2.48. The molecule has 23 heavy (non-hydrogen) atoms. The van der Waals surface area contributed by atoms with Crippen molar-refractivity contribution >= 4 is 23.5 Å². The minimum Gasteiger partial charge on any atom is -0.455 e. The monoisotopic (exact) mass is 345 g/mol. The van der Waals surface area contributed by atoms with Gasteiger partial charge in [0.2, 0.25) is 0 Å². The molecule has 0 unspecified atom stereocenters. The van der Waals surface area contributed by atoms with Crippen LogP contribution in [0.2, 0.25) is 5.02 Å². The van der Waals surface area contributed by atoms with Crippen LogP contribution in [0.5, 0.6) is 0 Å². The molecule has 0 fully saturated rings. The molecule has 1 aromatic rings. The van der Waals surface area contributed by atoms with Gasteiger partial charge >= 0.3 is 5.97 Å². The maximum absolute atomic E-state index is 13.7. The number of ether oxygens (including phenoxy) is 1. The summed E-state index contributed by atoms with van der Waals surface area (Å²) in [5.41, 5.74) is 0.203. The molecule has 0 radical (unpaired) electrons. The third-order valence-corrected chi connectivity index (χ3v) is 3.62. The molecule has 0 spiro atoms. The van der Waals surface area contributed by atoms with Crippen molar-refractivity contribution in [1.29, 1.82) is 0 Å². The highest BCUT2D eigenvalue weighted by atomic mass is 35.5. The van der Waals surface area contributed by atoms with Crippen molar-refractivity contribution in [3.63, 3.8) is 0 Å². The molecule has 128 valence electrons. The lowest BCUT2D eigenvalue weighted by Gasteiger charge is -2.18. The molecule has 0 aliphatic carbocycles. The van der Waals surface area contributed by atoms with Crippen LogP contribution in [0.1, 0.15) is 31.7 Å². The zero-order valence-electron chi connectivity index (χ0n) is 13.2. The Hall–Kier alpha value is -1.66. The molecule has 7 heteroatoms. The SMILES string of the molecule is CCC[C@@H](O)CC(=O)OCC(=O)N(C)Cc1c(F)cccc1Cl. The van der Waals surface area contributed by atoms with Crippen molar-refractivity contribution in [1.82, 2.24) is 4.90 Å². The molecule has 0 heterocycles. The van der Waals surface area contributed by atoms with Crippen LogP contribution in [0, 0.1) is 5.82 Å². The quantitative estimate of drug-likeness (QED) is 0.735. The first-order valence-electron chi connectivity index (χ1n) is 7.35. The molecular weight excluding hydrogens is 325 g/mol.